The second kappa shape index (κ2) is 8.17. The Morgan fingerprint density at radius 1 is 1.07 bits per heavy atom. The Labute approximate surface area is 160 Å². The summed E-state index contributed by atoms with van der Waals surface area (Å²) in [5.74, 6) is 1.01. The number of nitrogens with zero attached hydrogens (tertiary/aromatic N) is 2. The van der Waals surface area contributed by atoms with Crippen LogP contribution >= 0.6 is 0 Å². The van der Waals surface area contributed by atoms with Gasteiger partial charge in [-0.1, -0.05) is 0 Å². The van der Waals surface area contributed by atoms with E-state index < -0.39 is 12.1 Å². The minimum Gasteiger partial charge on any atom is -0.454 e. The molecule has 1 aromatic rings. The van der Waals surface area contributed by atoms with Crippen LogP contribution in [0.2, 0.25) is 0 Å². The molecule has 0 N–H and O–H groups in total. The molecule has 2 aliphatic rings. The van der Waals surface area contributed by atoms with Crippen molar-refractivity contribution < 1.29 is 23.8 Å². The van der Waals surface area contributed by atoms with E-state index in [0.29, 0.717) is 23.1 Å². The summed E-state index contributed by atoms with van der Waals surface area (Å²) in [6.07, 6.45) is 3.20. The monoisotopic (exact) mass is 376 g/mol. The molecule has 7 nitrogen and oxygen atoms in total. The topological polar surface area (TPSA) is 68.3 Å². The number of ketones is 1. The summed E-state index contributed by atoms with van der Waals surface area (Å²) in [4.78, 5) is 28.8. The standard InChI is InChI=1S/C20H28N2O5/c1-13(19(23)14-5-10-17-18(11-14)26-12-25-17)22(4)20(24)27-16-8-6-15(7-9-16)21(2)3/h5,10-11,13,15-16H,6-9,12H2,1-4H3. The zero-order chi connectivity index (χ0) is 19.6. The van der Waals surface area contributed by atoms with E-state index in [1.165, 1.54) is 4.90 Å². The second-order valence-electron chi connectivity index (χ2n) is 7.50. The van der Waals surface area contributed by atoms with Gasteiger partial charge in [0.1, 0.15) is 6.10 Å². The molecule has 1 unspecified atom stereocenters. The van der Waals surface area contributed by atoms with Gasteiger partial charge < -0.3 is 24.0 Å². The van der Waals surface area contributed by atoms with Crippen molar-refractivity contribution in [1.82, 2.24) is 9.80 Å². The van der Waals surface area contributed by atoms with E-state index in [4.69, 9.17) is 14.2 Å². The summed E-state index contributed by atoms with van der Waals surface area (Å²) in [5.41, 5.74) is 0.484. The van der Waals surface area contributed by atoms with Crippen molar-refractivity contribution in [2.45, 2.75) is 50.8 Å². The van der Waals surface area contributed by atoms with Crippen LogP contribution in [0.25, 0.3) is 0 Å². The van der Waals surface area contributed by atoms with E-state index in [9.17, 15) is 9.59 Å². The number of likely N-dealkylation sites (N-methyl/N-ethyl adjacent to an activating group) is 1. The van der Waals surface area contributed by atoms with Crippen LogP contribution in [0.3, 0.4) is 0 Å². The molecule has 0 spiro atoms. The zero-order valence-electron chi connectivity index (χ0n) is 16.4. The van der Waals surface area contributed by atoms with Crippen LogP contribution in [0.5, 0.6) is 11.5 Å². The number of carbonyl (C=O) groups is 2. The van der Waals surface area contributed by atoms with Gasteiger partial charge in [0.15, 0.2) is 17.3 Å². The van der Waals surface area contributed by atoms with Gasteiger partial charge in [0.2, 0.25) is 6.79 Å². The highest BCUT2D eigenvalue weighted by Crippen LogP contribution is 2.33. The molecule has 0 radical (unpaired) electrons. The molecule has 0 bridgehead atoms. The minimum atomic E-state index is -0.629. The number of rotatable bonds is 5. The normalized spacial score (nSPS) is 22.4. The molecule has 0 saturated heterocycles. The zero-order valence-corrected chi connectivity index (χ0v) is 16.4. The number of fused-ring (bicyclic) bond motifs is 1. The molecule has 0 aromatic heterocycles. The maximum Gasteiger partial charge on any atom is 0.410 e. The third-order valence-electron chi connectivity index (χ3n) is 5.55. The van der Waals surface area contributed by atoms with Crippen molar-refractivity contribution in [3.63, 3.8) is 0 Å². The lowest BCUT2D eigenvalue weighted by Gasteiger charge is -2.33. The van der Waals surface area contributed by atoms with Crippen LogP contribution in [0.15, 0.2) is 18.2 Å². The molecular formula is C20H28N2O5. The summed E-state index contributed by atoms with van der Waals surface area (Å²) < 4.78 is 16.2. The van der Waals surface area contributed by atoms with Gasteiger partial charge in [-0.05, 0) is 64.9 Å². The Morgan fingerprint density at radius 3 is 2.41 bits per heavy atom. The predicted octanol–water partition coefficient (Wildman–Crippen LogP) is 2.93. The molecule has 1 aliphatic carbocycles. The minimum absolute atomic E-state index is 0.0796. The second-order valence-corrected chi connectivity index (χ2v) is 7.50. The third kappa shape index (κ3) is 4.35. The lowest BCUT2D eigenvalue weighted by molar-refractivity contribution is 0.0311. The van der Waals surface area contributed by atoms with Gasteiger partial charge in [-0.3, -0.25) is 4.79 Å². The van der Waals surface area contributed by atoms with Crippen LogP contribution in [-0.4, -0.2) is 67.8 Å². The molecule has 1 saturated carbocycles. The summed E-state index contributed by atoms with van der Waals surface area (Å²) >= 11 is 0. The molecule has 1 atom stereocenters. The molecule has 148 valence electrons. The summed E-state index contributed by atoms with van der Waals surface area (Å²) in [7, 11) is 5.76. The van der Waals surface area contributed by atoms with Gasteiger partial charge in [-0.15, -0.1) is 0 Å². The fourth-order valence-electron chi connectivity index (χ4n) is 3.53. The van der Waals surface area contributed by atoms with Crippen LogP contribution in [-0.2, 0) is 4.74 Å². The molecule has 7 heteroatoms. The van der Waals surface area contributed by atoms with E-state index in [1.807, 2.05) is 0 Å². The van der Waals surface area contributed by atoms with Crippen LogP contribution < -0.4 is 9.47 Å². The Kier molecular flexibility index (Phi) is 5.89. The fourth-order valence-corrected chi connectivity index (χ4v) is 3.53. The van der Waals surface area contributed by atoms with Crippen molar-refractivity contribution >= 4 is 11.9 Å². The van der Waals surface area contributed by atoms with Crippen molar-refractivity contribution in [3.8, 4) is 11.5 Å². The Morgan fingerprint density at radius 2 is 1.74 bits per heavy atom. The average Bonchev–Trinajstić information content (AvgIpc) is 3.14. The third-order valence-corrected chi connectivity index (χ3v) is 5.55. The maximum absolute atomic E-state index is 12.7. The van der Waals surface area contributed by atoms with Crippen LogP contribution in [0.4, 0.5) is 4.79 Å². The molecule has 1 aromatic carbocycles. The van der Waals surface area contributed by atoms with E-state index in [0.717, 1.165) is 25.7 Å². The first kappa shape index (κ1) is 19.5. The molecule has 1 heterocycles. The first-order valence-electron chi connectivity index (χ1n) is 9.40. The number of hydrogen-bond acceptors (Lipinski definition) is 6. The molecule has 1 aliphatic heterocycles. The van der Waals surface area contributed by atoms with Crippen LogP contribution in [0, 0.1) is 0 Å². The highest BCUT2D eigenvalue weighted by atomic mass is 16.7. The first-order chi connectivity index (χ1) is 12.9. The van der Waals surface area contributed by atoms with Crippen molar-refractivity contribution in [2.75, 3.05) is 27.9 Å². The Balaban J connectivity index is 1.55. The van der Waals surface area contributed by atoms with Gasteiger partial charge in [0, 0.05) is 18.7 Å². The molecule has 27 heavy (non-hydrogen) atoms. The molecule has 3 rings (SSSR count). The van der Waals surface area contributed by atoms with Gasteiger partial charge in [0.05, 0.1) is 6.04 Å². The highest BCUT2D eigenvalue weighted by molar-refractivity contribution is 6.01. The average molecular weight is 376 g/mol. The predicted molar refractivity (Wildman–Crippen MR) is 100 cm³/mol. The fraction of sp³-hybridized carbons (Fsp3) is 0.600. The number of carbonyl (C=O) groups excluding carboxylic acids is 2. The van der Waals surface area contributed by atoms with E-state index in [2.05, 4.69) is 19.0 Å². The summed E-state index contributed by atoms with van der Waals surface area (Å²) in [5, 5.41) is 0. The Hall–Kier alpha value is -2.28. The van der Waals surface area contributed by atoms with Crippen molar-refractivity contribution in [3.05, 3.63) is 23.8 Å². The lowest BCUT2D eigenvalue weighted by Crippen LogP contribution is -2.43. The maximum atomic E-state index is 12.7. The molecule has 1 fully saturated rings. The van der Waals surface area contributed by atoms with Crippen LogP contribution in [0.1, 0.15) is 43.0 Å². The summed E-state index contributed by atoms with van der Waals surface area (Å²) in [6, 6.07) is 4.97. The summed E-state index contributed by atoms with van der Waals surface area (Å²) in [6.45, 7) is 1.86. The Bertz CT molecular complexity index is 698. The quantitative estimate of drug-likeness (QED) is 0.736. The van der Waals surface area contributed by atoms with Gasteiger partial charge in [0.25, 0.3) is 0 Å². The molecule has 1 amide bonds. The lowest BCUT2D eigenvalue weighted by atomic mass is 9.92. The van der Waals surface area contributed by atoms with E-state index in [-0.39, 0.29) is 18.7 Å². The highest BCUT2D eigenvalue weighted by Gasteiger charge is 2.30. The SMILES string of the molecule is CC(C(=O)c1ccc2c(c1)OCO2)N(C)C(=O)OC1CCC(N(C)C)CC1. The number of ether oxygens (including phenoxy) is 3. The number of Topliss-reactive ketones (excluding diaryl/α,β-unsaturated/α-hetero) is 1. The number of benzene rings is 1. The first-order valence-corrected chi connectivity index (χ1v) is 9.40. The smallest absolute Gasteiger partial charge is 0.410 e. The largest absolute Gasteiger partial charge is 0.454 e. The van der Waals surface area contributed by atoms with Gasteiger partial charge in [-0.2, -0.15) is 0 Å². The van der Waals surface area contributed by atoms with Crippen molar-refractivity contribution in [1.29, 1.82) is 0 Å². The van der Waals surface area contributed by atoms with E-state index in [1.54, 1.807) is 32.2 Å². The van der Waals surface area contributed by atoms with Crippen molar-refractivity contribution in [2.24, 2.45) is 0 Å². The van der Waals surface area contributed by atoms with Gasteiger partial charge >= 0.3 is 6.09 Å². The molecular weight excluding hydrogens is 348 g/mol. The number of amides is 1. The number of hydrogen-bond donors (Lipinski definition) is 0. The van der Waals surface area contributed by atoms with Gasteiger partial charge in [-0.25, -0.2) is 4.79 Å². The van der Waals surface area contributed by atoms with E-state index >= 15 is 0 Å².